The predicted octanol–water partition coefficient (Wildman–Crippen LogP) is 4.99. The fourth-order valence-corrected chi connectivity index (χ4v) is 2.98. The van der Waals surface area contributed by atoms with E-state index in [0.29, 0.717) is 0 Å². The van der Waals surface area contributed by atoms with Gasteiger partial charge in [-0.3, -0.25) is 0 Å². The Morgan fingerprint density at radius 2 is 2.00 bits per heavy atom. The number of aryl methyl sites for hydroxylation is 1. The zero-order valence-corrected chi connectivity index (χ0v) is 12.1. The smallest absolute Gasteiger partial charge is 0.0907 e. The Labute approximate surface area is 113 Å². The molecule has 1 aromatic carbocycles. The van der Waals surface area contributed by atoms with E-state index in [4.69, 9.17) is 0 Å². The van der Waals surface area contributed by atoms with Crippen LogP contribution in [-0.2, 0) is 0 Å². The molecule has 0 fully saturated rings. The Morgan fingerprint density at radius 3 is 2.83 bits per heavy atom. The lowest BCUT2D eigenvalue weighted by Gasteiger charge is -2.05. The van der Waals surface area contributed by atoms with Crippen LogP contribution in [-0.4, -0.2) is 11.5 Å². The lowest BCUT2D eigenvalue weighted by Crippen LogP contribution is -2.00. The Morgan fingerprint density at radius 1 is 1.17 bits per heavy atom. The summed E-state index contributed by atoms with van der Waals surface area (Å²) in [4.78, 5) is 4.48. The summed E-state index contributed by atoms with van der Waals surface area (Å²) in [5.74, 6) is 0. The molecule has 0 aliphatic heterocycles. The molecule has 2 aromatic rings. The van der Waals surface area contributed by atoms with E-state index in [0.717, 1.165) is 17.1 Å². The number of thiazole rings is 1. The second-order valence-electron chi connectivity index (χ2n) is 4.76. The summed E-state index contributed by atoms with van der Waals surface area (Å²) in [5, 5.41) is 4.64. The van der Waals surface area contributed by atoms with E-state index in [9.17, 15) is 0 Å². The van der Waals surface area contributed by atoms with E-state index in [-0.39, 0.29) is 0 Å². The number of unbranched alkanes of at least 4 members (excludes halogenated alkanes) is 4. The van der Waals surface area contributed by atoms with E-state index < -0.39 is 0 Å². The average molecular weight is 262 g/mol. The van der Waals surface area contributed by atoms with Gasteiger partial charge in [0.25, 0.3) is 0 Å². The summed E-state index contributed by atoms with van der Waals surface area (Å²) in [6.07, 6.45) is 6.65. The highest BCUT2D eigenvalue weighted by Gasteiger charge is 2.01. The first-order chi connectivity index (χ1) is 8.79. The highest BCUT2D eigenvalue weighted by Crippen LogP contribution is 2.24. The van der Waals surface area contributed by atoms with Gasteiger partial charge >= 0.3 is 0 Å². The first kappa shape index (κ1) is 13.3. The topological polar surface area (TPSA) is 24.9 Å². The van der Waals surface area contributed by atoms with E-state index in [2.05, 4.69) is 42.3 Å². The molecule has 0 amide bonds. The molecule has 3 heteroatoms. The Bertz CT molecular complexity index is 490. The zero-order valence-electron chi connectivity index (χ0n) is 11.3. The quantitative estimate of drug-likeness (QED) is 0.711. The molecule has 0 saturated heterocycles. The van der Waals surface area contributed by atoms with Gasteiger partial charge in [0.1, 0.15) is 0 Å². The standard InChI is InChI=1S/C15H22N2S/c1-3-4-5-6-7-10-16-13-8-9-14-15(11-13)18-12(2)17-14/h8-9,11,16H,3-7,10H2,1-2H3. The van der Waals surface area contributed by atoms with Gasteiger partial charge in [0.2, 0.25) is 0 Å². The van der Waals surface area contributed by atoms with Crippen LogP contribution in [0.15, 0.2) is 18.2 Å². The molecular weight excluding hydrogens is 240 g/mol. The summed E-state index contributed by atoms with van der Waals surface area (Å²) < 4.78 is 1.28. The maximum Gasteiger partial charge on any atom is 0.0907 e. The van der Waals surface area contributed by atoms with Crippen LogP contribution in [0.5, 0.6) is 0 Å². The van der Waals surface area contributed by atoms with E-state index in [1.807, 2.05) is 0 Å². The van der Waals surface area contributed by atoms with Gasteiger partial charge in [-0.2, -0.15) is 0 Å². The molecule has 1 aromatic heterocycles. The maximum absolute atomic E-state index is 4.48. The van der Waals surface area contributed by atoms with E-state index >= 15 is 0 Å². The monoisotopic (exact) mass is 262 g/mol. The molecule has 0 aliphatic carbocycles. The number of hydrogen-bond donors (Lipinski definition) is 1. The normalized spacial score (nSPS) is 11.0. The highest BCUT2D eigenvalue weighted by atomic mass is 32.1. The fraction of sp³-hybridized carbons (Fsp3) is 0.533. The van der Waals surface area contributed by atoms with Crippen molar-refractivity contribution < 1.29 is 0 Å². The van der Waals surface area contributed by atoms with Crippen LogP contribution in [0.2, 0.25) is 0 Å². The second kappa shape index (κ2) is 6.74. The maximum atomic E-state index is 4.48. The number of fused-ring (bicyclic) bond motifs is 1. The van der Waals surface area contributed by atoms with Crippen molar-refractivity contribution in [2.45, 2.75) is 46.0 Å². The number of benzene rings is 1. The largest absolute Gasteiger partial charge is 0.385 e. The Kier molecular flexibility index (Phi) is 5.00. The Hall–Kier alpha value is -1.09. The minimum absolute atomic E-state index is 1.08. The lowest BCUT2D eigenvalue weighted by atomic mass is 10.1. The minimum atomic E-state index is 1.08. The number of aromatic nitrogens is 1. The molecule has 2 rings (SSSR count). The molecule has 2 nitrogen and oxygen atoms in total. The van der Waals surface area contributed by atoms with Crippen LogP contribution in [0.3, 0.4) is 0 Å². The molecule has 1 heterocycles. The predicted molar refractivity (Wildman–Crippen MR) is 81.6 cm³/mol. The van der Waals surface area contributed by atoms with Gasteiger partial charge in [0.15, 0.2) is 0 Å². The first-order valence-electron chi connectivity index (χ1n) is 6.90. The lowest BCUT2D eigenvalue weighted by molar-refractivity contribution is 0.645. The average Bonchev–Trinajstić information content (AvgIpc) is 2.73. The molecule has 0 aliphatic rings. The van der Waals surface area contributed by atoms with Crippen LogP contribution in [0.1, 0.15) is 44.0 Å². The van der Waals surface area contributed by atoms with Crippen molar-refractivity contribution >= 4 is 27.2 Å². The van der Waals surface area contributed by atoms with Crippen molar-refractivity contribution in [3.05, 3.63) is 23.2 Å². The number of anilines is 1. The van der Waals surface area contributed by atoms with Crippen LogP contribution in [0, 0.1) is 6.92 Å². The number of nitrogens with one attached hydrogen (secondary N) is 1. The van der Waals surface area contributed by atoms with Crippen molar-refractivity contribution in [3.8, 4) is 0 Å². The molecule has 98 valence electrons. The number of rotatable bonds is 7. The van der Waals surface area contributed by atoms with Crippen molar-refractivity contribution in [1.82, 2.24) is 4.98 Å². The molecule has 0 radical (unpaired) electrons. The third-order valence-electron chi connectivity index (χ3n) is 3.10. The molecule has 0 atom stereocenters. The molecule has 0 spiro atoms. The SMILES string of the molecule is CCCCCCCNc1ccc2nc(C)sc2c1. The molecule has 0 bridgehead atoms. The molecule has 0 saturated carbocycles. The van der Waals surface area contributed by atoms with Crippen LogP contribution >= 0.6 is 11.3 Å². The van der Waals surface area contributed by atoms with Crippen molar-refractivity contribution in [2.24, 2.45) is 0 Å². The van der Waals surface area contributed by atoms with Gasteiger partial charge in [0, 0.05) is 12.2 Å². The van der Waals surface area contributed by atoms with Gasteiger partial charge in [-0.1, -0.05) is 32.6 Å². The van der Waals surface area contributed by atoms with Crippen LogP contribution in [0.25, 0.3) is 10.2 Å². The van der Waals surface area contributed by atoms with Crippen molar-refractivity contribution in [3.63, 3.8) is 0 Å². The summed E-state index contributed by atoms with van der Waals surface area (Å²) in [7, 11) is 0. The van der Waals surface area contributed by atoms with Gasteiger partial charge in [-0.05, 0) is 31.5 Å². The summed E-state index contributed by atoms with van der Waals surface area (Å²) in [5.41, 5.74) is 2.34. The third-order valence-corrected chi connectivity index (χ3v) is 4.04. The molecular formula is C15H22N2S. The first-order valence-corrected chi connectivity index (χ1v) is 7.72. The summed E-state index contributed by atoms with van der Waals surface area (Å²) in [6.45, 7) is 5.39. The van der Waals surface area contributed by atoms with Gasteiger partial charge in [0.05, 0.1) is 15.2 Å². The number of hydrogen-bond acceptors (Lipinski definition) is 3. The number of nitrogens with zero attached hydrogens (tertiary/aromatic N) is 1. The molecule has 18 heavy (non-hydrogen) atoms. The van der Waals surface area contributed by atoms with Crippen molar-refractivity contribution in [1.29, 1.82) is 0 Å². The third kappa shape index (κ3) is 3.70. The summed E-state index contributed by atoms with van der Waals surface area (Å²) in [6, 6.07) is 6.46. The zero-order chi connectivity index (χ0) is 12.8. The highest BCUT2D eigenvalue weighted by molar-refractivity contribution is 7.18. The Balaban J connectivity index is 1.80. The van der Waals surface area contributed by atoms with Crippen molar-refractivity contribution in [2.75, 3.05) is 11.9 Å². The minimum Gasteiger partial charge on any atom is -0.385 e. The second-order valence-corrected chi connectivity index (χ2v) is 5.99. The van der Waals surface area contributed by atoms with Gasteiger partial charge < -0.3 is 5.32 Å². The van der Waals surface area contributed by atoms with Crippen LogP contribution in [0.4, 0.5) is 5.69 Å². The van der Waals surface area contributed by atoms with Crippen LogP contribution < -0.4 is 5.32 Å². The molecule has 0 unspecified atom stereocenters. The fourth-order valence-electron chi connectivity index (χ4n) is 2.11. The van der Waals surface area contributed by atoms with E-state index in [1.54, 1.807) is 11.3 Å². The van der Waals surface area contributed by atoms with Gasteiger partial charge in [-0.15, -0.1) is 11.3 Å². The van der Waals surface area contributed by atoms with E-state index in [1.165, 1.54) is 42.5 Å². The van der Waals surface area contributed by atoms with Gasteiger partial charge in [-0.25, -0.2) is 4.98 Å². The molecule has 1 N–H and O–H groups in total. The summed E-state index contributed by atoms with van der Waals surface area (Å²) >= 11 is 1.77.